The molecule has 2 aromatic carbocycles. The highest BCUT2D eigenvalue weighted by molar-refractivity contribution is 5.53. The Morgan fingerprint density at radius 1 is 0.913 bits per heavy atom. The van der Waals surface area contributed by atoms with Crippen LogP contribution in [0.2, 0.25) is 0 Å². The number of nitro groups is 1. The van der Waals surface area contributed by atoms with Gasteiger partial charge in [-0.2, -0.15) is 10.2 Å². The van der Waals surface area contributed by atoms with Crippen LogP contribution in [0, 0.1) is 10.1 Å². The second-order valence-electron chi connectivity index (χ2n) is 5.34. The van der Waals surface area contributed by atoms with Crippen LogP contribution >= 0.6 is 0 Å². The molecule has 0 radical (unpaired) electrons. The first kappa shape index (κ1) is 15.1. The molecule has 0 atom stereocenters. The summed E-state index contributed by atoms with van der Waals surface area (Å²) in [5.74, 6) is 0. The second-order valence-corrected chi connectivity index (χ2v) is 5.34. The van der Waals surface area contributed by atoms with Gasteiger partial charge in [0.1, 0.15) is 0 Å². The van der Waals surface area contributed by atoms with Crippen molar-refractivity contribution in [3.8, 4) is 0 Å². The Kier molecular flexibility index (Phi) is 4.58. The summed E-state index contributed by atoms with van der Waals surface area (Å²) in [5.41, 5.74) is 2.60. The molecule has 0 spiro atoms. The Morgan fingerprint density at radius 2 is 1.43 bits per heavy atom. The Morgan fingerprint density at radius 3 is 1.96 bits per heavy atom. The number of nitrogens with two attached hydrogens (primary N) is 1. The van der Waals surface area contributed by atoms with Gasteiger partial charge in [-0.15, -0.1) is 0 Å². The Hall–Kier alpha value is -2.80. The topological polar surface area (TPSA) is 87.7 Å². The average molecular weight is 312 g/mol. The number of anilines is 1. The number of hydrogen-bond acceptors (Lipinski definition) is 5. The molecule has 0 saturated carbocycles. The monoisotopic (exact) mass is 312 g/mol. The first-order valence-corrected chi connectivity index (χ1v) is 7.55. The average Bonchev–Trinajstić information content (AvgIpc) is 2.61. The molecule has 0 aliphatic carbocycles. The van der Waals surface area contributed by atoms with Crippen molar-refractivity contribution in [3.63, 3.8) is 0 Å². The Balaban J connectivity index is 1.66. The summed E-state index contributed by atoms with van der Waals surface area (Å²) >= 11 is 0. The number of quaternary nitrogens is 1. The fourth-order valence-corrected chi connectivity index (χ4v) is 2.50. The number of nitro benzene ring substituents is 1. The summed E-state index contributed by atoms with van der Waals surface area (Å²) in [6.45, 7) is 4.37. The van der Waals surface area contributed by atoms with Gasteiger partial charge in [-0.3, -0.25) is 10.1 Å². The fourth-order valence-electron chi connectivity index (χ4n) is 2.50. The molecule has 7 nitrogen and oxygen atoms in total. The van der Waals surface area contributed by atoms with Crippen molar-refractivity contribution in [2.45, 2.75) is 0 Å². The van der Waals surface area contributed by atoms with Crippen molar-refractivity contribution >= 4 is 22.7 Å². The molecule has 0 amide bonds. The molecule has 118 valence electrons. The van der Waals surface area contributed by atoms with Crippen LogP contribution in [0.25, 0.3) is 0 Å². The van der Waals surface area contributed by atoms with Crippen LogP contribution < -0.4 is 10.2 Å². The predicted molar refractivity (Wildman–Crippen MR) is 87.6 cm³/mol. The lowest BCUT2D eigenvalue weighted by atomic mass is 10.2. The van der Waals surface area contributed by atoms with E-state index in [0.29, 0.717) is 5.69 Å². The van der Waals surface area contributed by atoms with Gasteiger partial charge < -0.3 is 10.2 Å². The lowest BCUT2D eigenvalue weighted by Gasteiger charge is -2.27. The molecule has 7 heteroatoms. The highest BCUT2D eigenvalue weighted by Crippen LogP contribution is 2.23. The Bertz CT molecular complexity index is 691. The van der Waals surface area contributed by atoms with Crippen LogP contribution in [0.4, 0.5) is 22.7 Å². The zero-order chi connectivity index (χ0) is 16.1. The number of hydrogen-bond donors (Lipinski definition) is 1. The predicted octanol–water partition coefficient (Wildman–Crippen LogP) is 2.39. The van der Waals surface area contributed by atoms with Crippen LogP contribution in [0.1, 0.15) is 0 Å². The molecular formula is C16H18N5O2+. The van der Waals surface area contributed by atoms with E-state index in [4.69, 9.17) is 0 Å². The second kappa shape index (κ2) is 6.97. The third-order valence-electron chi connectivity index (χ3n) is 3.76. The molecule has 1 aliphatic heterocycles. The zero-order valence-corrected chi connectivity index (χ0v) is 12.6. The summed E-state index contributed by atoms with van der Waals surface area (Å²) in [4.78, 5) is 12.5. The first-order valence-electron chi connectivity index (χ1n) is 7.55. The Labute approximate surface area is 133 Å². The molecule has 0 bridgehead atoms. The normalized spacial score (nSPS) is 15.0. The summed E-state index contributed by atoms with van der Waals surface area (Å²) < 4.78 is 0. The van der Waals surface area contributed by atoms with E-state index in [-0.39, 0.29) is 5.69 Å². The molecule has 1 saturated heterocycles. The minimum Gasteiger partial charge on any atom is -0.360 e. The molecule has 1 aliphatic rings. The summed E-state index contributed by atoms with van der Waals surface area (Å²) in [6.07, 6.45) is 0. The third-order valence-corrected chi connectivity index (χ3v) is 3.76. The molecule has 2 aromatic rings. The van der Waals surface area contributed by atoms with E-state index < -0.39 is 4.92 Å². The van der Waals surface area contributed by atoms with Crippen molar-refractivity contribution in [3.05, 3.63) is 58.6 Å². The number of non-ortho nitro benzene ring substituents is 1. The van der Waals surface area contributed by atoms with Crippen LogP contribution in [0.15, 0.2) is 58.8 Å². The van der Waals surface area contributed by atoms with Crippen molar-refractivity contribution < 1.29 is 10.2 Å². The minimum absolute atomic E-state index is 0.0482. The summed E-state index contributed by atoms with van der Waals surface area (Å²) in [6, 6.07) is 14.0. The number of nitrogens with zero attached hydrogens (tertiary/aromatic N) is 4. The van der Waals surface area contributed by atoms with Crippen LogP contribution in [-0.2, 0) is 0 Å². The zero-order valence-electron chi connectivity index (χ0n) is 12.6. The van der Waals surface area contributed by atoms with E-state index in [9.17, 15) is 10.1 Å². The van der Waals surface area contributed by atoms with E-state index in [1.54, 1.807) is 12.1 Å². The van der Waals surface area contributed by atoms with Crippen molar-refractivity contribution in [2.24, 2.45) is 10.2 Å². The molecule has 1 fully saturated rings. The summed E-state index contributed by atoms with van der Waals surface area (Å²) in [7, 11) is 0. The van der Waals surface area contributed by atoms with Gasteiger partial charge in [0.05, 0.1) is 42.5 Å². The van der Waals surface area contributed by atoms with Crippen molar-refractivity contribution in [2.75, 3.05) is 31.1 Å². The number of azo groups is 1. The van der Waals surface area contributed by atoms with Crippen molar-refractivity contribution in [1.29, 1.82) is 0 Å². The number of rotatable bonds is 4. The van der Waals surface area contributed by atoms with E-state index in [1.165, 1.54) is 17.8 Å². The maximum Gasteiger partial charge on any atom is 0.269 e. The first-order chi connectivity index (χ1) is 11.2. The molecule has 0 unspecified atom stereocenters. The maximum absolute atomic E-state index is 10.6. The summed E-state index contributed by atoms with van der Waals surface area (Å²) in [5, 5.41) is 21.2. The van der Waals surface area contributed by atoms with Crippen molar-refractivity contribution in [1.82, 2.24) is 0 Å². The minimum atomic E-state index is -0.433. The molecule has 1 heterocycles. The molecule has 2 N–H and O–H groups in total. The molecular weight excluding hydrogens is 294 g/mol. The number of piperazine rings is 1. The highest BCUT2D eigenvalue weighted by Gasteiger charge is 2.12. The number of benzene rings is 2. The third kappa shape index (κ3) is 3.89. The van der Waals surface area contributed by atoms with E-state index in [2.05, 4.69) is 32.6 Å². The molecule has 23 heavy (non-hydrogen) atoms. The quantitative estimate of drug-likeness (QED) is 0.534. The van der Waals surface area contributed by atoms with Gasteiger partial charge in [-0.05, 0) is 36.4 Å². The van der Waals surface area contributed by atoms with Gasteiger partial charge in [0.25, 0.3) is 5.69 Å². The smallest absolute Gasteiger partial charge is 0.269 e. The largest absolute Gasteiger partial charge is 0.360 e. The van der Waals surface area contributed by atoms with Gasteiger partial charge in [0.2, 0.25) is 0 Å². The van der Waals surface area contributed by atoms with E-state index in [0.717, 1.165) is 31.9 Å². The van der Waals surface area contributed by atoms with Gasteiger partial charge in [-0.25, -0.2) is 0 Å². The maximum atomic E-state index is 10.6. The SMILES string of the molecule is O=[N+]([O-])c1ccc(N=Nc2ccc(N3CC[NH2+]CC3)cc2)cc1. The van der Waals surface area contributed by atoms with Gasteiger partial charge in [0, 0.05) is 17.8 Å². The lowest BCUT2D eigenvalue weighted by molar-refractivity contribution is -0.655. The van der Waals surface area contributed by atoms with Gasteiger partial charge in [0.15, 0.2) is 0 Å². The van der Waals surface area contributed by atoms with Gasteiger partial charge >= 0.3 is 0 Å². The standard InChI is InChI=1S/C16H17N5O2/c22-21(23)16-7-3-14(4-8-16)19-18-13-1-5-15(6-2-13)20-11-9-17-10-12-20/h1-8,17H,9-12H2/p+1. The van der Waals surface area contributed by atoms with Crippen LogP contribution in [0.5, 0.6) is 0 Å². The van der Waals surface area contributed by atoms with E-state index in [1.807, 2.05) is 12.1 Å². The highest BCUT2D eigenvalue weighted by atomic mass is 16.6. The lowest BCUT2D eigenvalue weighted by Crippen LogP contribution is -2.89. The van der Waals surface area contributed by atoms with Gasteiger partial charge in [-0.1, -0.05) is 0 Å². The van der Waals surface area contributed by atoms with Crippen LogP contribution in [0.3, 0.4) is 0 Å². The molecule has 0 aromatic heterocycles. The van der Waals surface area contributed by atoms with Crippen LogP contribution in [-0.4, -0.2) is 31.1 Å². The molecule has 3 rings (SSSR count). The fraction of sp³-hybridized carbons (Fsp3) is 0.250. The van der Waals surface area contributed by atoms with E-state index >= 15 is 0 Å².